The molecule has 1 aliphatic rings. The lowest BCUT2D eigenvalue weighted by Gasteiger charge is -2.29. The number of nitrogens with one attached hydrogen (secondary N) is 1. The van der Waals surface area contributed by atoms with Crippen molar-refractivity contribution in [2.45, 2.75) is 24.8 Å². The second-order valence-electron chi connectivity index (χ2n) is 6.83. The molecule has 0 bridgehead atoms. The van der Waals surface area contributed by atoms with Crippen molar-refractivity contribution in [3.8, 4) is 0 Å². The minimum atomic E-state index is -3.67. The highest BCUT2D eigenvalue weighted by atomic mass is 32.2. The standard InChI is InChI=1S/C20H26N2O4S/c1-15-3-4-16(2)20(13-15)27(24,25)21-14-19(23)17-5-7-18(8-6-17)22-9-11-26-12-10-22/h3-8,13,19,21,23H,9-12,14H2,1-2H3. The van der Waals surface area contributed by atoms with Crippen molar-refractivity contribution in [3.63, 3.8) is 0 Å². The van der Waals surface area contributed by atoms with E-state index in [1.54, 1.807) is 19.1 Å². The minimum Gasteiger partial charge on any atom is -0.387 e. The maximum Gasteiger partial charge on any atom is 0.240 e. The van der Waals surface area contributed by atoms with Crippen LogP contribution in [0.5, 0.6) is 0 Å². The fraction of sp³-hybridized carbons (Fsp3) is 0.400. The van der Waals surface area contributed by atoms with Crippen molar-refractivity contribution in [2.24, 2.45) is 0 Å². The van der Waals surface area contributed by atoms with Gasteiger partial charge in [0.25, 0.3) is 0 Å². The molecular weight excluding hydrogens is 364 g/mol. The van der Waals surface area contributed by atoms with Gasteiger partial charge in [0.05, 0.1) is 24.2 Å². The first-order valence-corrected chi connectivity index (χ1v) is 10.5. The SMILES string of the molecule is Cc1ccc(C)c(S(=O)(=O)NCC(O)c2ccc(N3CCOCC3)cc2)c1. The number of rotatable bonds is 6. The van der Waals surface area contributed by atoms with E-state index in [9.17, 15) is 13.5 Å². The van der Waals surface area contributed by atoms with Gasteiger partial charge in [0.1, 0.15) is 0 Å². The molecule has 146 valence electrons. The fourth-order valence-corrected chi connectivity index (χ4v) is 4.48. The summed E-state index contributed by atoms with van der Waals surface area (Å²) >= 11 is 0. The third-order valence-corrected chi connectivity index (χ3v) is 6.32. The first kappa shape index (κ1) is 19.8. The summed E-state index contributed by atoms with van der Waals surface area (Å²) in [4.78, 5) is 2.47. The normalized spacial score (nSPS) is 16.3. The van der Waals surface area contributed by atoms with Crippen LogP contribution in [0.25, 0.3) is 0 Å². The predicted octanol–water partition coefficient (Wildman–Crippen LogP) is 2.15. The number of anilines is 1. The van der Waals surface area contributed by atoms with Gasteiger partial charge in [0.15, 0.2) is 0 Å². The molecule has 0 spiro atoms. The molecule has 0 radical (unpaired) electrons. The van der Waals surface area contributed by atoms with Crippen molar-refractivity contribution < 1.29 is 18.3 Å². The summed E-state index contributed by atoms with van der Waals surface area (Å²) < 4.78 is 33.0. The number of hydrogen-bond donors (Lipinski definition) is 2. The summed E-state index contributed by atoms with van der Waals surface area (Å²) in [7, 11) is -3.67. The van der Waals surface area contributed by atoms with Crippen LogP contribution < -0.4 is 9.62 Å². The molecule has 1 unspecified atom stereocenters. The molecule has 0 aliphatic carbocycles. The third-order valence-electron chi connectivity index (χ3n) is 4.75. The average molecular weight is 391 g/mol. The van der Waals surface area contributed by atoms with Gasteiger partial charge in [-0.05, 0) is 48.7 Å². The lowest BCUT2D eigenvalue weighted by atomic mass is 10.1. The second-order valence-corrected chi connectivity index (χ2v) is 8.56. The van der Waals surface area contributed by atoms with E-state index in [1.165, 1.54) is 0 Å². The van der Waals surface area contributed by atoms with Crippen molar-refractivity contribution in [2.75, 3.05) is 37.7 Å². The van der Waals surface area contributed by atoms with Gasteiger partial charge in [0.2, 0.25) is 10.0 Å². The van der Waals surface area contributed by atoms with E-state index in [4.69, 9.17) is 4.74 Å². The minimum absolute atomic E-state index is 0.0768. The van der Waals surface area contributed by atoms with E-state index in [0.29, 0.717) is 24.3 Å². The number of aliphatic hydroxyl groups is 1. The zero-order chi connectivity index (χ0) is 19.4. The quantitative estimate of drug-likeness (QED) is 0.790. The third kappa shape index (κ3) is 4.87. The predicted molar refractivity (Wildman–Crippen MR) is 106 cm³/mol. The fourth-order valence-electron chi connectivity index (χ4n) is 3.11. The molecule has 0 amide bonds. The number of sulfonamides is 1. The Bertz CT molecular complexity index is 875. The van der Waals surface area contributed by atoms with Gasteiger partial charge in [0, 0.05) is 25.3 Å². The van der Waals surface area contributed by atoms with Crippen molar-refractivity contribution in [3.05, 3.63) is 59.2 Å². The first-order valence-electron chi connectivity index (χ1n) is 9.04. The highest BCUT2D eigenvalue weighted by molar-refractivity contribution is 7.89. The van der Waals surface area contributed by atoms with Crippen LogP contribution in [-0.2, 0) is 14.8 Å². The molecule has 0 aromatic heterocycles. The Morgan fingerprint density at radius 1 is 1.11 bits per heavy atom. The molecule has 2 aromatic rings. The Balaban J connectivity index is 1.64. The van der Waals surface area contributed by atoms with E-state index >= 15 is 0 Å². The van der Waals surface area contributed by atoms with Crippen molar-refractivity contribution in [1.82, 2.24) is 4.72 Å². The van der Waals surface area contributed by atoms with Crippen LogP contribution in [0, 0.1) is 13.8 Å². The zero-order valence-corrected chi connectivity index (χ0v) is 16.5. The molecule has 6 nitrogen and oxygen atoms in total. The van der Waals surface area contributed by atoms with Gasteiger partial charge >= 0.3 is 0 Å². The lowest BCUT2D eigenvalue weighted by Crippen LogP contribution is -2.36. The molecule has 1 saturated heterocycles. The Morgan fingerprint density at radius 3 is 2.44 bits per heavy atom. The number of nitrogens with zero attached hydrogens (tertiary/aromatic N) is 1. The number of benzene rings is 2. The number of aliphatic hydroxyl groups excluding tert-OH is 1. The number of ether oxygens (including phenoxy) is 1. The Kier molecular flexibility index (Phi) is 6.16. The summed E-state index contributed by atoms with van der Waals surface area (Å²) in [6, 6.07) is 12.9. The first-order chi connectivity index (χ1) is 12.9. The Labute approximate surface area is 160 Å². The summed E-state index contributed by atoms with van der Waals surface area (Å²) in [5.41, 5.74) is 3.30. The molecule has 1 heterocycles. The number of aryl methyl sites for hydroxylation is 2. The van der Waals surface area contributed by atoms with Gasteiger partial charge in [-0.2, -0.15) is 0 Å². The monoisotopic (exact) mass is 390 g/mol. The van der Waals surface area contributed by atoms with Gasteiger partial charge in [-0.3, -0.25) is 0 Å². The summed E-state index contributed by atoms with van der Waals surface area (Å²) in [6.07, 6.45) is -0.913. The van der Waals surface area contributed by atoms with E-state index in [2.05, 4.69) is 9.62 Å². The van der Waals surface area contributed by atoms with Crippen LogP contribution >= 0.6 is 0 Å². The van der Waals surface area contributed by atoms with E-state index in [-0.39, 0.29) is 11.4 Å². The van der Waals surface area contributed by atoms with Crippen LogP contribution in [0.15, 0.2) is 47.4 Å². The van der Waals surface area contributed by atoms with Gasteiger partial charge < -0.3 is 14.7 Å². The van der Waals surface area contributed by atoms with Gasteiger partial charge in [-0.1, -0.05) is 24.3 Å². The van der Waals surface area contributed by atoms with Crippen molar-refractivity contribution in [1.29, 1.82) is 0 Å². The highest BCUT2D eigenvalue weighted by Gasteiger charge is 2.19. The molecule has 1 fully saturated rings. The molecule has 2 N–H and O–H groups in total. The molecule has 2 aromatic carbocycles. The van der Waals surface area contributed by atoms with E-state index in [1.807, 2.05) is 37.3 Å². The van der Waals surface area contributed by atoms with E-state index < -0.39 is 16.1 Å². The molecule has 0 saturated carbocycles. The van der Waals surface area contributed by atoms with Gasteiger partial charge in [-0.25, -0.2) is 13.1 Å². The molecule has 7 heteroatoms. The molecular formula is C20H26N2O4S. The van der Waals surface area contributed by atoms with Crippen LogP contribution in [0.4, 0.5) is 5.69 Å². The second kappa shape index (κ2) is 8.39. The van der Waals surface area contributed by atoms with E-state index in [0.717, 1.165) is 24.3 Å². The van der Waals surface area contributed by atoms with Crippen molar-refractivity contribution >= 4 is 15.7 Å². The summed E-state index contributed by atoms with van der Waals surface area (Å²) in [6.45, 7) is 6.65. The molecule has 1 aliphatic heterocycles. The molecule has 27 heavy (non-hydrogen) atoms. The molecule has 3 rings (SSSR count). The van der Waals surface area contributed by atoms with Crippen LogP contribution in [0.1, 0.15) is 22.8 Å². The van der Waals surface area contributed by atoms with Crippen LogP contribution in [0.2, 0.25) is 0 Å². The maximum absolute atomic E-state index is 12.6. The van der Waals surface area contributed by atoms with Crippen LogP contribution in [-0.4, -0.2) is 46.4 Å². The number of morpholine rings is 1. The zero-order valence-electron chi connectivity index (χ0n) is 15.7. The summed E-state index contributed by atoms with van der Waals surface area (Å²) in [5.74, 6) is 0. The van der Waals surface area contributed by atoms with Crippen LogP contribution in [0.3, 0.4) is 0 Å². The largest absolute Gasteiger partial charge is 0.387 e. The smallest absolute Gasteiger partial charge is 0.240 e. The lowest BCUT2D eigenvalue weighted by molar-refractivity contribution is 0.122. The number of hydrogen-bond acceptors (Lipinski definition) is 5. The maximum atomic E-state index is 12.6. The Morgan fingerprint density at radius 2 is 1.78 bits per heavy atom. The highest BCUT2D eigenvalue weighted by Crippen LogP contribution is 2.21. The average Bonchev–Trinajstić information content (AvgIpc) is 2.69. The van der Waals surface area contributed by atoms with Gasteiger partial charge in [-0.15, -0.1) is 0 Å². The Hall–Kier alpha value is -1.93. The summed E-state index contributed by atoms with van der Waals surface area (Å²) in [5, 5.41) is 10.4. The topological polar surface area (TPSA) is 78.9 Å². The molecule has 1 atom stereocenters.